The molecule has 42 heavy (non-hydrogen) atoms. The third kappa shape index (κ3) is 5.17. The number of benzene rings is 4. The van der Waals surface area contributed by atoms with Crippen LogP contribution < -0.4 is 19.6 Å². The first-order valence-corrected chi connectivity index (χ1v) is 16.5. The fourth-order valence-electron chi connectivity index (χ4n) is 5.68. The van der Waals surface area contributed by atoms with E-state index in [0.29, 0.717) is 15.9 Å². The molecule has 2 aliphatic rings. The van der Waals surface area contributed by atoms with Crippen molar-refractivity contribution in [3.05, 3.63) is 157 Å². The number of hydrogen-bond acceptors (Lipinski definition) is 4. The Morgan fingerprint density at radius 2 is 1.74 bits per heavy atom. The third-order valence-corrected chi connectivity index (χ3v) is 10.0. The summed E-state index contributed by atoms with van der Waals surface area (Å²) in [5, 5.41) is 0. The van der Waals surface area contributed by atoms with Gasteiger partial charge in [0.25, 0.3) is 5.56 Å². The molecule has 1 aliphatic heterocycles. The van der Waals surface area contributed by atoms with E-state index in [0.717, 1.165) is 59.3 Å². The summed E-state index contributed by atoms with van der Waals surface area (Å²) in [5.74, 6) is 0.444. The van der Waals surface area contributed by atoms with E-state index in [1.165, 1.54) is 29.0 Å². The molecule has 0 spiro atoms. The van der Waals surface area contributed by atoms with E-state index in [9.17, 15) is 9.18 Å². The fraction of sp³-hybridized carbons (Fsp3) is 0.118. The smallest absolute Gasteiger partial charge is 0.271 e. The maximum absolute atomic E-state index is 14.2. The number of ether oxygens (including phenoxy) is 1. The van der Waals surface area contributed by atoms with Crippen LogP contribution >= 0.6 is 56.5 Å². The Morgan fingerprint density at radius 3 is 2.55 bits per heavy atom. The van der Waals surface area contributed by atoms with Crippen molar-refractivity contribution in [2.45, 2.75) is 25.5 Å². The summed E-state index contributed by atoms with van der Waals surface area (Å²) in [7, 11) is 0. The highest BCUT2D eigenvalue weighted by Crippen LogP contribution is 2.41. The summed E-state index contributed by atoms with van der Waals surface area (Å²) in [6, 6.07) is 28.6. The lowest BCUT2D eigenvalue weighted by Crippen LogP contribution is -2.38. The van der Waals surface area contributed by atoms with Gasteiger partial charge in [-0.1, -0.05) is 78.1 Å². The van der Waals surface area contributed by atoms with Gasteiger partial charge in [-0.3, -0.25) is 9.36 Å². The maximum Gasteiger partial charge on any atom is 0.271 e. The Balaban J connectivity index is 1.40. The van der Waals surface area contributed by atoms with E-state index in [1.54, 1.807) is 16.7 Å². The first kappa shape index (κ1) is 27.7. The molecule has 8 heteroatoms. The molecule has 0 fully saturated rings. The Morgan fingerprint density at radius 1 is 0.976 bits per heavy atom. The average Bonchev–Trinajstić information content (AvgIpc) is 3.30. The third-order valence-electron chi connectivity index (χ3n) is 7.61. The quantitative estimate of drug-likeness (QED) is 0.176. The molecule has 1 atom stereocenters. The number of allylic oxidation sites excluding steroid dienone is 1. The van der Waals surface area contributed by atoms with E-state index >= 15 is 0 Å². The van der Waals surface area contributed by atoms with Crippen LogP contribution in [0.15, 0.2) is 106 Å². The number of fused-ring (bicyclic) bond motifs is 3. The molecule has 4 aromatic carbocycles. The van der Waals surface area contributed by atoms with Crippen molar-refractivity contribution in [2.24, 2.45) is 4.99 Å². The molecule has 1 aromatic heterocycles. The second-order valence-electron chi connectivity index (χ2n) is 10.2. The molecule has 0 saturated carbocycles. The lowest BCUT2D eigenvalue weighted by Gasteiger charge is -2.30. The molecule has 1 aliphatic carbocycles. The van der Waals surface area contributed by atoms with Crippen LogP contribution in [-0.2, 0) is 13.0 Å². The molecule has 0 radical (unpaired) electrons. The van der Waals surface area contributed by atoms with Gasteiger partial charge < -0.3 is 4.74 Å². The van der Waals surface area contributed by atoms with Gasteiger partial charge in [0.1, 0.15) is 18.2 Å². The Labute approximate surface area is 273 Å². The van der Waals surface area contributed by atoms with Crippen molar-refractivity contribution in [3.8, 4) is 5.75 Å². The largest absolute Gasteiger partial charge is 0.487 e. The molecule has 0 amide bonds. The lowest BCUT2D eigenvalue weighted by molar-refractivity contribution is 0.303. The molecule has 7 rings (SSSR count). The van der Waals surface area contributed by atoms with Crippen molar-refractivity contribution in [1.29, 1.82) is 0 Å². The Kier molecular flexibility index (Phi) is 7.62. The van der Waals surface area contributed by atoms with Crippen LogP contribution in [0.3, 0.4) is 0 Å². The minimum absolute atomic E-state index is 0.110. The molecular formula is C34H23FI2N2O2S. The average molecular weight is 796 g/mol. The van der Waals surface area contributed by atoms with Crippen LogP contribution in [0.25, 0.3) is 11.8 Å². The van der Waals surface area contributed by atoms with Crippen LogP contribution in [0.2, 0.25) is 0 Å². The van der Waals surface area contributed by atoms with Crippen LogP contribution in [0.1, 0.15) is 40.3 Å². The van der Waals surface area contributed by atoms with Crippen molar-refractivity contribution in [2.75, 3.05) is 0 Å². The maximum atomic E-state index is 14.2. The summed E-state index contributed by atoms with van der Waals surface area (Å²) < 4.78 is 24.7. The van der Waals surface area contributed by atoms with Gasteiger partial charge in [-0.15, -0.1) is 0 Å². The zero-order valence-corrected chi connectivity index (χ0v) is 27.3. The van der Waals surface area contributed by atoms with Gasteiger partial charge in [0.15, 0.2) is 4.80 Å². The number of rotatable bonds is 5. The molecule has 5 aromatic rings. The van der Waals surface area contributed by atoms with Crippen molar-refractivity contribution in [1.82, 2.24) is 4.57 Å². The fourth-order valence-corrected chi connectivity index (χ4v) is 8.72. The van der Waals surface area contributed by atoms with Gasteiger partial charge in [-0.05, 0) is 111 Å². The zero-order chi connectivity index (χ0) is 28.8. The summed E-state index contributed by atoms with van der Waals surface area (Å²) in [5.41, 5.74) is 7.06. The first-order chi connectivity index (χ1) is 20.5. The van der Waals surface area contributed by atoms with Gasteiger partial charge >= 0.3 is 0 Å². The summed E-state index contributed by atoms with van der Waals surface area (Å²) in [4.78, 5) is 19.9. The molecule has 0 saturated heterocycles. The SMILES string of the molecule is O=c1/c(=C\c2cc(I)cc(I)c2OCc2ccccc2)sc2n1[C@H](c1ccc(F)cc1)C1=C(N=2)c2ccccc2CC1. The first-order valence-electron chi connectivity index (χ1n) is 13.5. The molecule has 2 heterocycles. The van der Waals surface area contributed by atoms with Gasteiger partial charge in [0.2, 0.25) is 0 Å². The molecule has 4 nitrogen and oxygen atoms in total. The second-order valence-corrected chi connectivity index (χ2v) is 13.7. The van der Waals surface area contributed by atoms with Gasteiger partial charge in [0.05, 0.1) is 19.8 Å². The summed E-state index contributed by atoms with van der Waals surface area (Å²) >= 11 is 5.97. The van der Waals surface area contributed by atoms with Crippen LogP contribution in [0.4, 0.5) is 4.39 Å². The summed E-state index contributed by atoms with van der Waals surface area (Å²) in [6.45, 7) is 0.427. The van der Waals surface area contributed by atoms with Crippen molar-refractivity contribution < 1.29 is 9.13 Å². The van der Waals surface area contributed by atoms with Gasteiger partial charge in [-0.2, -0.15) is 0 Å². The van der Waals surface area contributed by atoms with Crippen LogP contribution in [0, 0.1) is 13.0 Å². The molecule has 0 bridgehead atoms. The molecular weight excluding hydrogens is 773 g/mol. The van der Waals surface area contributed by atoms with E-state index in [-0.39, 0.29) is 17.4 Å². The number of aryl methyl sites for hydroxylation is 1. The predicted molar refractivity (Wildman–Crippen MR) is 182 cm³/mol. The van der Waals surface area contributed by atoms with Crippen molar-refractivity contribution in [3.63, 3.8) is 0 Å². The van der Waals surface area contributed by atoms with Gasteiger partial charge in [0, 0.05) is 14.7 Å². The normalized spacial score (nSPS) is 16.0. The number of nitrogens with zero attached hydrogens (tertiary/aromatic N) is 2. The highest BCUT2D eigenvalue weighted by molar-refractivity contribution is 14.1. The lowest BCUT2D eigenvalue weighted by atomic mass is 9.83. The van der Waals surface area contributed by atoms with E-state index in [2.05, 4.69) is 69.4 Å². The minimum Gasteiger partial charge on any atom is -0.487 e. The zero-order valence-electron chi connectivity index (χ0n) is 22.2. The highest BCUT2D eigenvalue weighted by Gasteiger charge is 2.32. The van der Waals surface area contributed by atoms with E-state index < -0.39 is 0 Å². The molecule has 0 N–H and O–H groups in total. The monoisotopic (exact) mass is 796 g/mol. The molecule has 0 unspecified atom stereocenters. The van der Waals surface area contributed by atoms with E-state index in [4.69, 9.17) is 9.73 Å². The van der Waals surface area contributed by atoms with Crippen LogP contribution in [0.5, 0.6) is 5.75 Å². The minimum atomic E-state index is -0.350. The van der Waals surface area contributed by atoms with Gasteiger partial charge in [-0.25, -0.2) is 9.38 Å². The number of hydrogen-bond donors (Lipinski definition) is 0. The Bertz CT molecular complexity index is 2050. The number of aromatic nitrogens is 1. The van der Waals surface area contributed by atoms with E-state index in [1.807, 2.05) is 48.5 Å². The summed E-state index contributed by atoms with van der Waals surface area (Å²) in [6.07, 6.45) is 3.58. The Hall–Kier alpha value is -3.09. The van der Waals surface area contributed by atoms with Crippen LogP contribution in [-0.4, -0.2) is 4.57 Å². The second kappa shape index (κ2) is 11.5. The standard InChI is InChI=1S/C34H23FI2N2O2S/c35-24-13-10-22(11-14-24)31-27-15-12-21-8-4-5-9-26(21)30(27)38-34-39(31)33(40)29(42-34)17-23-16-25(36)18-28(37)32(23)41-19-20-6-2-1-3-7-20/h1-11,13-14,16-18,31H,12,15,19H2/b29-17+/t31-/m1/s1. The number of thiazole rings is 1. The predicted octanol–water partition coefficient (Wildman–Crippen LogP) is 7.25. The number of halogens is 3. The van der Waals surface area contributed by atoms with Crippen molar-refractivity contribution >= 4 is 68.3 Å². The topological polar surface area (TPSA) is 43.6 Å². The highest BCUT2D eigenvalue weighted by atomic mass is 127. The molecule has 208 valence electrons.